The van der Waals surface area contributed by atoms with Gasteiger partial charge in [-0.1, -0.05) is 17.7 Å². The molecule has 1 aliphatic heterocycles. The summed E-state index contributed by atoms with van der Waals surface area (Å²) in [6.45, 7) is 0.438. The van der Waals surface area contributed by atoms with E-state index in [4.69, 9.17) is 11.6 Å². The average Bonchev–Trinajstić information content (AvgIpc) is 3.17. The summed E-state index contributed by atoms with van der Waals surface area (Å²) in [6.07, 6.45) is 5.84. The van der Waals surface area contributed by atoms with Crippen LogP contribution < -0.4 is 10.6 Å². The Morgan fingerprint density at radius 2 is 2.23 bits per heavy atom. The predicted octanol–water partition coefficient (Wildman–Crippen LogP) is 2.55. The van der Waals surface area contributed by atoms with E-state index in [1.807, 2.05) is 7.05 Å². The number of carbonyl (C=O) groups is 1. The van der Waals surface area contributed by atoms with E-state index in [-0.39, 0.29) is 17.7 Å². The minimum Gasteiger partial charge on any atom is -0.394 e. The smallest absolute Gasteiger partial charge is 0.318 e. The first-order valence-electron chi connectivity index (χ1n) is 9.64. The molecule has 1 atom stereocenters. The lowest BCUT2D eigenvalue weighted by Gasteiger charge is -2.30. The van der Waals surface area contributed by atoms with Crippen LogP contribution in [0.1, 0.15) is 22.9 Å². The number of nitrogens with zero attached hydrogens (tertiary/aromatic N) is 5. The van der Waals surface area contributed by atoms with Gasteiger partial charge in [-0.3, -0.25) is 4.68 Å². The fraction of sp³-hybridized carbons (Fsp3) is 0.300. The lowest BCUT2D eigenvalue weighted by atomic mass is 10.1. The van der Waals surface area contributed by atoms with Crippen LogP contribution in [0.25, 0.3) is 0 Å². The Kier molecular flexibility index (Phi) is 6.01. The minimum absolute atomic E-state index is 0.0672. The van der Waals surface area contributed by atoms with Crippen molar-refractivity contribution >= 4 is 29.3 Å². The minimum atomic E-state index is -0.708. The lowest BCUT2D eigenvalue weighted by molar-refractivity contribution is 0.176. The molecule has 1 aliphatic rings. The van der Waals surface area contributed by atoms with Gasteiger partial charge in [0.2, 0.25) is 5.95 Å². The Morgan fingerprint density at radius 1 is 1.39 bits per heavy atom. The van der Waals surface area contributed by atoms with E-state index in [0.717, 1.165) is 16.9 Å². The molecule has 2 amide bonds. The normalized spacial score (nSPS) is 14.1. The third kappa shape index (κ3) is 4.75. The second kappa shape index (κ2) is 8.86. The number of hydrogen-bond donors (Lipinski definition) is 3. The van der Waals surface area contributed by atoms with E-state index in [2.05, 4.69) is 25.7 Å². The number of fused-ring (bicyclic) bond motifs is 1. The molecule has 31 heavy (non-hydrogen) atoms. The highest BCUT2D eigenvalue weighted by molar-refractivity contribution is 6.30. The van der Waals surface area contributed by atoms with Crippen LogP contribution in [-0.2, 0) is 20.0 Å². The van der Waals surface area contributed by atoms with Crippen LogP contribution in [0.4, 0.5) is 20.8 Å². The molecular formula is C20H21ClFN7O2. The molecule has 0 saturated carbocycles. The second-order valence-corrected chi connectivity index (χ2v) is 7.63. The van der Waals surface area contributed by atoms with Gasteiger partial charge in [0.25, 0.3) is 0 Å². The third-order valence-electron chi connectivity index (χ3n) is 5.02. The van der Waals surface area contributed by atoms with E-state index < -0.39 is 11.9 Å². The van der Waals surface area contributed by atoms with Gasteiger partial charge in [0.1, 0.15) is 5.82 Å². The van der Waals surface area contributed by atoms with Crippen molar-refractivity contribution in [2.24, 2.45) is 7.05 Å². The van der Waals surface area contributed by atoms with Gasteiger partial charge in [-0.2, -0.15) is 5.10 Å². The van der Waals surface area contributed by atoms with Crippen molar-refractivity contribution < 1.29 is 14.3 Å². The van der Waals surface area contributed by atoms with E-state index in [9.17, 15) is 14.3 Å². The molecule has 0 fully saturated rings. The summed E-state index contributed by atoms with van der Waals surface area (Å²) in [6, 6.07) is 3.02. The first kappa shape index (κ1) is 21.0. The number of anilines is 2. The van der Waals surface area contributed by atoms with Gasteiger partial charge in [0.15, 0.2) is 0 Å². The number of urea groups is 1. The number of nitrogens with one attached hydrogen (secondary N) is 2. The molecule has 3 heterocycles. The maximum Gasteiger partial charge on any atom is 0.318 e. The second-order valence-electron chi connectivity index (χ2n) is 7.22. The van der Waals surface area contributed by atoms with Crippen molar-refractivity contribution in [3.05, 3.63) is 64.5 Å². The number of aliphatic hydroxyl groups excluding tert-OH is 1. The molecule has 1 aromatic carbocycles. The van der Waals surface area contributed by atoms with Crippen LogP contribution in [-0.4, -0.2) is 48.9 Å². The van der Waals surface area contributed by atoms with Crippen molar-refractivity contribution in [1.82, 2.24) is 30.0 Å². The van der Waals surface area contributed by atoms with Gasteiger partial charge in [0, 0.05) is 26.0 Å². The van der Waals surface area contributed by atoms with E-state index in [1.165, 1.54) is 18.2 Å². The highest BCUT2D eigenvalue weighted by atomic mass is 35.5. The number of benzene rings is 1. The summed E-state index contributed by atoms with van der Waals surface area (Å²) in [5.41, 5.74) is 3.00. The van der Waals surface area contributed by atoms with Crippen molar-refractivity contribution in [2.45, 2.75) is 19.0 Å². The van der Waals surface area contributed by atoms with Gasteiger partial charge in [-0.25, -0.2) is 19.2 Å². The maximum atomic E-state index is 13.4. The number of hydrogen-bond acceptors (Lipinski definition) is 6. The Balaban J connectivity index is 1.44. The summed E-state index contributed by atoms with van der Waals surface area (Å²) in [4.78, 5) is 23.3. The monoisotopic (exact) mass is 445 g/mol. The van der Waals surface area contributed by atoms with Crippen LogP contribution >= 0.6 is 11.6 Å². The maximum absolute atomic E-state index is 13.4. The fourth-order valence-corrected chi connectivity index (χ4v) is 3.54. The van der Waals surface area contributed by atoms with Gasteiger partial charge >= 0.3 is 6.03 Å². The van der Waals surface area contributed by atoms with Gasteiger partial charge in [0.05, 0.1) is 41.8 Å². The largest absolute Gasteiger partial charge is 0.394 e. The van der Waals surface area contributed by atoms with Crippen molar-refractivity contribution in [2.75, 3.05) is 18.5 Å². The summed E-state index contributed by atoms with van der Waals surface area (Å²) < 4.78 is 15.1. The zero-order valence-corrected chi connectivity index (χ0v) is 17.5. The topological polar surface area (TPSA) is 108 Å². The van der Waals surface area contributed by atoms with Crippen molar-refractivity contribution in [3.63, 3.8) is 0 Å². The van der Waals surface area contributed by atoms with Gasteiger partial charge < -0.3 is 20.6 Å². The van der Waals surface area contributed by atoms with E-state index in [0.29, 0.717) is 31.0 Å². The number of halogens is 2. The number of carbonyl (C=O) groups excluding carboxylic acids is 1. The van der Waals surface area contributed by atoms with Crippen molar-refractivity contribution in [3.8, 4) is 0 Å². The highest BCUT2D eigenvalue weighted by Crippen LogP contribution is 2.23. The molecular weight excluding hydrogens is 425 g/mol. The molecule has 1 unspecified atom stereocenters. The number of rotatable bonds is 5. The molecule has 9 nitrogen and oxygen atoms in total. The van der Waals surface area contributed by atoms with E-state index in [1.54, 1.807) is 28.2 Å². The zero-order chi connectivity index (χ0) is 22.0. The Morgan fingerprint density at radius 3 is 2.94 bits per heavy atom. The predicted molar refractivity (Wildman–Crippen MR) is 112 cm³/mol. The molecule has 4 rings (SSSR count). The number of aliphatic hydroxyl groups is 1. The molecule has 11 heteroatoms. The quantitative estimate of drug-likeness (QED) is 0.557. The van der Waals surface area contributed by atoms with Crippen LogP contribution in [0.15, 0.2) is 36.8 Å². The summed E-state index contributed by atoms with van der Waals surface area (Å²) in [5.74, 6) is -0.139. The molecule has 3 N–H and O–H groups in total. The third-order valence-corrected chi connectivity index (χ3v) is 5.31. The molecule has 162 valence electrons. The fourth-order valence-electron chi connectivity index (χ4n) is 3.36. The zero-order valence-electron chi connectivity index (χ0n) is 16.7. The van der Waals surface area contributed by atoms with Crippen LogP contribution in [0.2, 0.25) is 5.02 Å². The number of aromatic nitrogens is 4. The van der Waals surface area contributed by atoms with Crippen LogP contribution in [0, 0.1) is 5.82 Å². The highest BCUT2D eigenvalue weighted by Gasteiger charge is 2.25. The SMILES string of the molecule is Cn1cc(Nc2ncc3c(n2)CN(C(=O)NC(CO)c2ccc(F)c(Cl)c2)CC3)cn1. The van der Waals surface area contributed by atoms with Gasteiger partial charge in [-0.15, -0.1) is 0 Å². The number of amides is 2. The molecule has 0 radical (unpaired) electrons. The average molecular weight is 446 g/mol. The molecule has 3 aromatic rings. The first-order valence-corrected chi connectivity index (χ1v) is 10.0. The van der Waals surface area contributed by atoms with Crippen LogP contribution in [0.5, 0.6) is 0 Å². The Bertz CT molecular complexity index is 1110. The molecule has 0 saturated heterocycles. The van der Waals surface area contributed by atoms with Crippen molar-refractivity contribution in [1.29, 1.82) is 0 Å². The summed E-state index contributed by atoms with van der Waals surface area (Å²) in [7, 11) is 1.81. The first-order chi connectivity index (χ1) is 14.9. The standard InChI is InChI=1S/C20H21ClFN7O2/c1-28-9-14(8-24-28)25-19-23-7-13-4-5-29(10-17(13)26-19)20(31)27-18(11-30)12-2-3-16(22)15(21)6-12/h2-3,6-9,18,30H,4-5,10-11H2,1H3,(H,27,31)(H,23,25,26). The molecule has 0 aliphatic carbocycles. The van der Waals surface area contributed by atoms with Crippen LogP contribution in [0.3, 0.4) is 0 Å². The lowest BCUT2D eigenvalue weighted by Crippen LogP contribution is -2.45. The summed E-state index contributed by atoms with van der Waals surface area (Å²) >= 11 is 5.83. The van der Waals surface area contributed by atoms with Gasteiger partial charge in [-0.05, 0) is 29.7 Å². The number of aryl methyl sites for hydroxylation is 1. The Hall–Kier alpha value is -3.24. The summed E-state index contributed by atoms with van der Waals surface area (Å²) in [5, 5.41) is 19.6. The Labute approximate surface area is 182 Å². The van der Waals surface area contributed by atoms with E-state index >= 15 is 0 Å². The molecule has 0 spiro atoms. The molecule has 2 aromatic heterocycles. The molecule has 0 bridgehead atoms.